The molecule has 0 saturated heterocycles. The molecule has 1 aromatic carbocycles. The van der Waals surface area contributed by atoms with Crippen molar-refractivity contribution >= 4 is 35.8 Å². The van der Waals surface area contributed by atoms with E-state index >= 15 is 0 Å². The average molecular weight is 474 g/mol. The SMILES string of the molecule is CCNC(=NCCC(=O)N(C)C)NC1CC(C)(C)Oc2ccccc21.I. The fraction of sp³-hybridized carbons (Fsp3) is 0.579. The molecule has 6 nitrogen and oxygen atoms in total. The first-order valence-corrected chi connectivity index (χ1v) is 8.85. The third kappa shape index (κ3) is 6.34. The third-order valence-electron chi connectivity index (χ3n) is 4.13. The lowest BCUT2D eigenvalue weighted by Gasteiger charge is -2.38. The Hall–Kier alpha value is -1.51. The molecule has 1 aliphatic rings. The zero-order valence-electron chi connectivity index (χ0n) is 16.3. The van der Waals surface area contributed by atoms with Gasteiger partial charge in [0.05, 0.1) is 12.6 Å². The first-order chi connectivity index (χ1) is 11.8. The highest BCUT2D eigenvalue weighted by molar-refractivity contribution is 14.0. The molecule has 0 radical (unpaired) electrons. The molecule has 1 amide bonds. The van der Waals surface area contributed by atoms with Gasteiger partial charge in [-0.25, -0.2) is 0 Å². The van der Waals surface area contributed by atoms with Gasteiger partial charge in [-0.15, -0.1) is 24.0 Å². The molecule has 1 atom stereocenters. The number of fused-ring (bicyclic) bond motifs is 1. The van der Waals surface area contributed by atoms with Crippen LogP contribution in [0.25, 0.3) is 0 Å². The van der Waals surface area contributed by atoms with Gasteiger partial charge in [0.1, 0.15) is 11.4 Å². The number of hydrogen-bond acceptors (Lipinski definition) is 3. The maximum Gasteiger partial charge on any atom is 0.223 e. The smallest absolute Gasteiger partial charge is 0.223 e. The van der Waals surface area contributed by atoms with E-state index in [9.17, 15) is 4.79 Å². The summed E-state index contributed by atoms with van der Waals surface area (Å²) in [5.41, 5.74) is 0.890. The molecule has 0 saturated carbocycles. The van der Waals surface area contributed by atoms with E-state index in [1.807, 2.05) is 25.1 Å². The number of guanidine groups is 1. The molecule has 0 aliphatic carbocycles. The van der Waals surface area contributed by atoms with Crippen molar-refractivity contribution in [3.05, 3.63) is 29.8 Å². The quantitative estimate of drug-likeness (QED) is 0.392. The Balaban J connectivity index is 0.00000338. The number of carbonyl (C=O) groups is 1. The summed E-state index contributed by atoms with van der Waals surface area (Å²) in [6.07, 6.45) is 1.24. The molecule has 1 unspecified atom stereocenters. The minimum atomic E-state index is -0.246. The molecule has 7 heteroatoms. The van der Waals surface area contributed by atoms with Crippen LogP contribution >= 0.6 is 24.0 Å². The Morgan fingerprint density at radius 1 is 1.35 bits per heavy atom. The van der Waals surface area contributed by atoms with Crippen LogP contribution in [0.3, 0.4) is 0 Å². The molecule has 0 fully saturated rings. The zero-order valence-corrected chi connectivity index (χ0v) is 18.7. The average Bonchev–Trinajstić information content (AvgIpc) is 2.53. The molecule has 146 valence electrons. The van der Waals surface area contributed by atoms with Gasteiger partial charge in [-0.3, -0.25) is 9.79 Å². The number of nitrogens with zero attached hydrogens (tertiary/aromatic N) is 2. The molecule has 1 aromatic rings. The predicted octanol–water partition coefficient (Wildman–Crippen LogP) is 2.94. The number of aliphatic imine (C=N–C) groups is 1. The van der Waals surface area contributed by atoms with Gasteiger partial charge in [0.15, 0.2) is 5.96 Å². The number of amides is 1. The number of halogens is 1. The Labute approximate surface area is 173 Å². The number of benzene rings is 1. The molecule has 0 aromatic heterocycles. The van der Waals surface area contributed by atoms with Crippen molar-refractivity contribution in [2.24, 2.45) is 4.99 Å². The standard InChI is InChI=1S/C19H30N4O2.HI/c1-6-20-18(21-12-11-17(24)23(4)5)22-15-13-19(2,3)25-16-10-8-7-9-14(15)16;/h7-10,15H,6,11-13H2,1-5H3,(H2,20,21,22);1H. The predicted molar refractivity (Wildman–Crippen MR) is 116 cm³/mol. The first kappa shape index (κ1) is 22.5. The normalized spacial score (nSPS) is 18.0. The van der Waals surface area contributed by atoms with Crippen molar-refractivity contribution in [3.8, 4) is 5.75 Å². The summed E-state index contributed by atoms with van der Waals surface area (Å²) >= 11 is 0. The Kier molecular flexibility index (Phi) is 8.66. The second-order valence-electron chi connectivity index (χ2n) is 7.10. The Bertz CT molecular complexity index is 632. The van der Waals surface area contributed by atoms with Gasteiger partial charge in [0, 0.05) is 39.0 Å². The monoisotopic (exact) mass is 474 g/mol. The van der Waals surface area contributed by atoms with Crippen LogP contribution in [0.4, 0.5) is 0 Å². The number of nitrogens with one attached hydrogen (secondary N) is 2. The lowest BCUT2D eigenvalue weighted by atomic mass is 9.90. The van der Waals surface area contributed by atoms with Gasteiger partial charge >= 0.3 is 0 Å². The summed E-state index contributed by atoms with van der Waals surface area (Å²) in [5, 5.41) is 6.77. The van der Waals surface area contributed by atoms with Gasteiger partial charge in [0.25, 0.3) is 0 Å². The minimum absolute atomic E-state index is 0. The van der Waals surface area contributed by atoms with Crippen LogP contribution in [0.15, 0.2) is 29.3 Å². The molecule has 1 aliphatic heterocycles. The second kappa shape index (κ2) is 9.99. The van der Waals surface area contributed by atoms with Crippen molar-refractivity contribution in [1.82, 2.24) is 15.5 Å². The summed E-state index contributed by atoms with van der Waals surface area (Å²) in [4.78, 5) is 17.9. The van der Waals surface area contributed by atoms with Gasteiger partial charge in [-0.1, -0.05) is 18.2 Å². The number of ether oxygens (including phenoxy) is 1. The maximum absolute atomic E-state index is 11.7. The third-order valence-corrected chi connectivity index (χ3v) is 4.13. The highest BCUT2D eigenvalue weighted by Crippen LogP contribution is 2.39. The number of hydrogen-bond donors (Lipinski definition) is 2. The van der Waals surface area contributed by atoms with Crippen LogP contribution in [-0.2, 0) is 4.79 Å². The van der Waals surface area contributed by atoms with E-state index in [1.165, 1.54) is 0 Å². The maximum atomic E-state index is 11.7. The fourth-order valence-corrected chi connectivity index (χ4v) is 2.90. The topological polar surface area (TPSA) is 66.0 Å². The highest BCUT2D eigenvalue weighted by Gasteiger charge is 2.33. The lowest BCUT2D eigenvalue weighted by Crippen LogP contribution is -2.45. The zero-order chi connectivity index (χ0) is 18.4. The summed E-state index contributed by atoms with van der Waals surface area (Å²) in [6.45, 7) is 7.45. The summed E-state index contributed by atoms with van der Waals surface area (Å²) in [6, 6.07) is 8.21. The summed E-state index contributed by atoms with van der Waals surface area (Å²) in [7, 11) is 3.52. The van der Waals surface area contributed by atoms with E-state index in [-0.39, 0.29) is 41.5 Å². The van der Waals surface area contributed by atoms with Crippen molar-refractivity contribution < 1.29 is 9.53 Å². The van der Waals surface area contributed by atoms with Crippen LogP contribution in [0, 0.1) is 0 Å². The van der Waals surface area contributed by atoms with E-state index in [0.717, 1.165) is 30.2 Å². The van der Waals surface area contributed by atoms with Crippen LogP contribution in [-0.4, -0.2) is 49.6 Å². The van der Waals surface area contributed by atoms with Crippen LogP contribution in [0.1, 0.15) is 45.2 Å². The lowest BCUT2D eigenvalue weighted by molar-refractivity contribution is -0.128. The molecule has 2 N–H and O–H groups in total. The van der Waals surface area contributed by atoms with E-state index in [1.54, 1.807) is 19.0 Å². The van der Waals surface area contributed by atoms with E-state index in [4.69, 9.17) is 4.74 Å². The number of rotatable bonds is 5. The van der Waals surface area contributed by atoms with E-state index < -0.39 is 0 Å². The Morgan fingerprint density at radius 2 is 2.04 bits per heavy atom. The van der Waals surface area contributed by atoms with E-state index in [2.05, 4.69) is 35.5 Å². The minimum Gasteiger partial charge on any atom is -0.487 e. The molecule has 26 heavy (non-hydrogen) atoms. The number of carbonyl (C=O) groups excluding carboxylic acids is 1. The molecule has 0 spiro atoms. The molecular weight excluding hydrogens is 443 g/mol. The largest absolute Gasteiger partial charge is 0.487 e. The van der Waals surface area contributed by atoms with Gasteiger partial charge in [-0.05, 0) is 26.8 Å². The number of para-hydroxylation sites is 1. The van der Waals surface area contributed by atoms with Crippen molar-refractivity contribution in [2.45, 2.75) is 45.3 Å². The second-order valence-corrected chi connectivity index (χ2v) is 7.10. The van der Waals surface area contributed by atoms with Crippen LogP contribution < -0.4 is 15.4 Å². The molecule has 1 heterocycles. The first-order valence-electron chi connectivity index (χ1n) is 8.85. The molecular formula is C19H31IN4O2. The van der Waals surface area contributed by atoms with Crippen molar-refractivity contribution in [1.29, 1.82) is 0 Å². The van der Waals surface area contributed by atoms with Crippen LogP contribution in [0.2, 0.25) is 0 Å². The Morgan fingerprint density at radius 3 is 2.69 bits per heavy atom. The summed E-state index contributed by atoms with van der Waals surface area (Å²) in [5.74, 6) is 1.72. The fourth-order valence-electron chi connectivity index (χ4n) is 2.90. The van der Waals surface area contributed by atoms with Crippen LogP contribution in [0.5, 0.6) is 5.75 Å². The van der Waals surface area contributed by atoms with Gasteiger partial charge in [0.2, 0.25) is 5.91 Å². The molecule has 2 rings (SSSR count). The highest BCUT2D eigenvalue weighted by atomic mass is 127. The van der Waals surface area contributed by atoms with E-state index in [0.29, 0.717) is 13.0 Å². The molecule has 0 bridgehead atoms. The van der Waals surface area contributed by atoms with Crippen molar-refractivity contribution in [2.75, 3.05) is 27.2 Å². The van der Waals surface area contributed by atoms with Gasteiger partial charge in [-0.2, -0.15) is 0 Å². The van der Waals surface area contributed by atoms with Gasteiger partial charge < -0.3 is 20.3 Å². The van der Waals surface area contributed by atoms with Crippen molar-refractivity contribution in [3.63, 3.8) is 0 Å². The summed E-state index contributed by atoms with van der Waals surface area (Å²) < 4.78 is 6.08.